The number of allylic oxidation sites excluding steroid dienone is 1. The normalized spacial score (nSPS) is 13.0. The molecule has 0 N–H and O–H groups in total. The van der Waals surface area contributed by atoms with Crippen LogP contribution in [0.2, 0.25) is 0 Å². The molecule has 1 aliphatic carbocycles. The molecule has 0 saturated carbocycles. The Labute approximate surface area is 180 Å². The number of rotatable bonds is 0. The number of carbonyl (C=O) groups is 1. The SMILES string of the molecule is O=C1CC=Cc2c1c1ccccc1c1ccccc1c1ccccc1c1ccccc21. The van der Waals surface area contributed by atoms with E-state index in [9.17, 15) is 4.79 Å². The van der Waals surface area contributed by atoms with Gasteiger partial charge in [0, 0.05) is 12.0 Å². The highest BCUT2D eigenvalue weighted by Crippen LogP contribution is 2.36. The predicted octanol–water partition coefficient (Wildman–Crippen LogP) is 8.02. The van der Waals surface area contributed by atoms with Crippen LogP contribution in [0.3, 0.4) is 0 Å². The third kappa shape index (κ3) is 2.74. The molecule has 0 aromatic heterocycles. The molecule has 0 radical (unpaired) electrons. The summed E-state index contributed by atoms with van der Waals surface area (Å²) in [5.74, 6) is 0.172. The van der Waals surface area contributed by atoms with Gasteiger partial charge < -0.3 is 0 Å². The number of ketones is 1. The van der Waals surface area contributed by atoms with Crippen molar-refractivity contribution in [1.82, 2.24) is 0 Å². The fraction of sp³-hybridized carbons (Fsp3) is 0.0333. The van der Waals surface area contributed by atoms with Gasteiger partial charge in [-0.3, -0.25) is 4.79 Å². The van der Waals surface area contributed by atoms with Gasteiger partial charge in [-0.1, -0.05) is 109 Å². The van der Waals surface area contributed by atoms with Crippen LogP contribution in [0.25, 0.3) is 49.2 Å². The smallest absolute Gasteiger partial charge is 0.167 e. The van der Waals surface area contributed by atoms with E-state index >= 15 is 0 Å². The average molecular weight is 396 g/mol. The van der Waals surface area contributed by atoms with Gasteiger partial charge in [0.2, 0.25) is 0 Å². The number of benzene rings is 4. The summed E-state index contributed by atoms with van der Waals surface area (Å²) in [6.07, 6.45) is 4.56. The van der Waals surface area contributed by atoms with E-state index in [1.54, 1.807) is 0 Å². The van der Waals surface area contributed by atoms with Gasteiger partial charge in [0.15, 0.2) is 5.78 Å². The zero-order chi connectivity index (χ0) is 20.8. The number of hydrogen-bond donors (Lipinski definition) is 0. The van der Waals surface area contributed by atoms with Gasteiger partial charge in [-0.05, 0) is 48.7 Å². The first-order valence-electron chi connectivity index (χ1n) is 10.6. The highest BCUT2D eigenvalue weighted by atomic mass is 16.1. The molecular weight excluding hydrogens is 376 g/mol. The molecule has 0 saturated heterocycles. The molecule has 0 heterocycles. The highest BCUT2D eigenvalue weighted by molar-refractivity contribution is 6.24. The van der Waals surface area contributed by atoms with Crippen LogP contribution in [0.5, 0.6) is 0 Å². The second-order valence-electron chi connectivity index (χ2n) is 8.00. The van der Waals surface area contributed by atoms with E-state index in [2.05, 4.69) is 97.1 Å². The van der Waals surface area contributed by atoms with Crippen LogP contribution in [-0.2, 0) is 0 Å². The van der Waals surface area contributed by atoms with E-state index in [1.807, 2.05) is 12.1 Å². The standard InChI is InChI=1S/C30H20O/c31-29-19-9-18-28-26-15-6-5-14-24(26)22-11-2-1-10-20(22)21-12-3-4-13-23(21)25-16-7-8-17-27(25)30(28)29/h1-18H,19H2. The minimum Gasteiger partial charge on any atom is -0.294 e. The molecular formula is C30H20O. The van der Waals surface area contributed by atoms with Crippen LogP contribution in [0.1, 0.15) is 22.3 Å². The fourth-order valence-corrected chi connectivity index (χ4v) is 4.93. The number of hydrogen-bond acceptors (Lipinski definition) is 1. The summed E-state index contributed by atoms with van der Waals surface area (Å²) in [5, 5.41) is 9.08. The van der Waals surface area contributed by atoms with Crippen molar-refractivity contribution in [2.24, 2.45) is 0 Å². The Balaban J connectivity index is 2.10. The Morgan fingerprint density at radius 3 is 1.29 bits per heavy atom. The third-order valence-electron chi connectivity index (χ3n) is 6.27. The Hall–Kier alpha value is -3.97. The van der Waals surface area contributed by atoms with Crippen molar-refractivity contribution in [3.63, 3.8) is 0 Å². The molecule has 0 unspecified atom stereocenters. The molecule has 31 heavy (non-hydrogen) atoms. The lowest BCUT2D eigenvalue weighted by atomic mass is 9.88. The summed E-state index contributed by atoms with van der Waals surface area (Å²) in [5.41, 5.74) is 1.83. The second kappa shape index (κ2) is 7.07. The zero-order valence-corrected chi connectivity index (χ0v) is 17.0. The van der Waals surface area contributed by atoms with Gasteiger partial charge >= 0.3 is 0 Å². The first kappa shape index (κ1) is 17.9. The van der Waals surface area contributed by atoms with E-state index in [4.69, 9.17) is 0 Å². The van der Waals surface area contributed by atoms with Gasteiger partial charge in [-0.15, -0.1) is 0 Å². The van der Waals surface area contributed by atoms with Gasteiger partial charge in [0.1, 0.15) is 0 Å². The lowest BCUT2D eigenvalue weighted by Gasteiger charge is -2.14. The lowest BCUT2D eigenvalue weighted by Crippen LogP contribution is -2.04. The monoisotopic (exact) mass is 396 g/mol. The van der Waals surface area contributed by atoms with Gasteiger partial charge in [0.25, 0.3) is 0 Å². The van der Waals surface area contributed by atoms with E-state index in [1.165, 1.54) is 16.2 Å². The van der Waals surface area contributed by atoms with Crippen molar-refractivity contribution >= 4 is 54.9 Å². The van der Waals surface area contributed by atoms with Crippen LogP contribution in [0, 0.1) is 0 Å². The number of carbonyl (C=O) groups excluding carboxylic acids is 1. The zero-order valence-electron chi connectivity index (χ0n) is 17.0. The van der Waals surface area contributed by atoms with Gasteiger partial charge in [0.05, 0.1) is 0 Å². The first-order chi connectivity index (χ1) is 15.3. The van der Waals surface area contributed by atoms with Crippen LogP contribution in [-0.4, -0.2) is 5.78 Å². The molecule has 0 atom stereocenters. The lowest BCUT2D eigenvalue weighted by molar-refractivity contribution is 0.0996. The highest BCUT2D eigenvalue weighted by Gasteiger charge is 2.18. The molecule has 1 heteroatoms. The van der Waals surface area contributed by atoms with Crippen LogP contribution in [0.15, 0.2) is 103 Å². The molecule has 0 aliphatic heterocycles. The van der Waals surface area contributed by atoms with Crippen molar-refractivity contribution in [3.05, 3.63) is 114 Å². The molecule has 5 aromatic carbocycles. The minimum atomic E-state index is 0.172. The van der Waals surface area contributed by atoms with Crippen LogP contribution in [0.4, 0.5) is 0 Å². The molecule has 5 aromatic rings. The van der Waals surface area contributed by atoms with E-state index in [0.717, 1.165) is 38.1 Å². The maximum Gasteiger partial charge on any atom is 0.167 e. The van der Waals surface area contributed by atoms with Crippen molar-refractivity contribution in [3.8, 4) is 0 Å². The van der Waals surface area contributed by atoms with Crippen molar-refractivity contribution in [1.29, 1.82) is 0 Å². The molecule has 0 amide bonds. The van der Waals surface area contributed by atoms with Crippen LogP contribution < -0.4 is 0 Å². The molecule has 0 bridgehead atoms. The third-order valence-corrected chi connectivity index (χ3v) is 6.27. The summed E-state index contributed by atoms with van der Waals surface area (Å²) < 4.78 is 0. The minimum absolute atomic E-state index is 0.172. The van der Waals surface area contributed by atoms with Crippen molar-refractivity contribution < 1.29 is 4.79 Å². The summed E-state index contributed by atoms with van der Waals surface area (Å²) in [6, 6.07) is 33.9. The molecule has 1 aliphatic rings. The molecule has 6 rings (SSSR count). The second-order valence-corrected chi connectivity index (χ2v) is 8.00. The summed E-state index contributed by atoms with van der Waals surface area (Å²) >= 11 is 0. The van der Waals surface area contributed by atoms with Crippen LogP contribution >= 0.6 is 0 Å². The van der Waals surface area contributed by atoms with Crippen molar-refractivity contribution in [2.75, 3.05) is 0 Å². The Bertz CT molecular complexity index is 1620. The first-order valence-corrected chi connectivity index (χ1v) is 10.6. The molecule has 0 spiro atoms. The Morgan fingerprint density at radius 1 is 0.452 bits per heavy atom. The summed E-state index contributed by atoms with van der Waals surface area (Å²) in [6.45, 7) is 0. The fourth-order valence-electron chi connectivity index (χ4n) is 4.93. The summed E-state index contributed by atoms with van der Waals surface area (Å²) in [4.78, 5) is 13.3. The predicted molar refractivity (Wildman–Crippen MR) is 132 cm³/mol. The number of Topliss-reactive ketones (excluding diaryl/α,β-unsaturated/α-hetero) is 1. The Morgan fingerprint density at radius 2 is 0.806 bits per heavy atom. The van der Waals surface area contributed by atoms with E-state index in [-0.39, 0.29) is 5.78 Å². The maximum atomic E-state index is 13.3. The van der Waals surface area contributed by atoms with Gasteiger partial charge in [-0.25, -0.2) is 0 Å². The number of fused-ring (bicyclic) bond motifs is 10. The maximum absolute atomic E-state index is 13.3. The average Bonchev–Trinajstić information content (AvgIpc) is 2.84. The molecule has 146 valence electrons. The van der Waals surface area contributed by atoms with E-state index in [0.29, 0.717) is 6.42 Å². The largest absolute Gasteiger partial charge is 0.294 e. The van der Waals surface area contributed by atoms with Crippen molar-refractivity contribution in [2.45, 2.75) is 6.42 Å². The topological polar surface area (TPSA) is 17.1 Å². The molecule has 0 fully saturated rings. The quantitative estimate of drug-likeness (QED) is 0.259. The Kier molecular flexibility index (Phi) is 4.07. The van der Waals surface area contributed by atoms with E-state index < -0.39 is 0 Å². The summed E-state index contributed by atoms with van der Waals surface area (Å²) in [7, 11) is 0. The van der Waals surface area contributed by atoms with Gasteiger partial charge in [-0.2, -0.15) is 0 Å². The molecule has 1 nitrogen and oxygen atoms in total.